The van der Waals surface area contributed by atoms with Gasteiger partial charge in [0.25, 0.3) is 0 Å². The fraction of sp³-hybridized carbons (Fsp3) is 0.280. The minimum Gasteiger partial charge on any atom is -0.497 e. The fourth-order valence-electron chi connectivity index (χ4n) is 3.80. The lowest BCUT2D eigenvalue weighted by molar-refractivity contribution is 0.247. The second kappa shape index (κ2) is 9.92. The van der Waals surface area contributed by atoms with Gasteiger partial charge in [0, 0.05) is 42.5 Å². The molecule has 5 heteroatoms. The standard InChI is InChI=1S/C25H28N2O2S/c1-28-21-9-7-10-22(18-21)30-25-13-6-3-8-20(25)19-26-14-16-27(17-15-26)23-11-4-5-12-24(23)29-2/h3-13,18H,14-17,19H2,1-2H3. The molecule has 0 bridgehead atoms. The van der Waals surface area contributed by atoms with Crippen molar-refractivity contribution in [2.75, 3.05) is 45.3 Å². The summed E-state index contributed by atoms with van der Waals surface area (Å²) in [7, 11) is 3.45. The van der Waals surface area contributed by atoms with Gasteiger partial charge in [-0.15, -0.1) is 0 Å². The summed E-state index contributed by atoms with van der Waals surface area (Å²) in [5.41, 5.74) is 2.56. The van der Waals surface area contributed by atoms with Gasteiger partial charge in [0.1, 0.15) is 11.5 Å². The number of hydrogen-bond donors (Lipinski definition) is 0. The van der Waals surface area contributed by atoms with Gasteiger partial charge in [-0.1, -0.05) is 48.2 Å². The Kier molecular flexibility index (Phi) is 6.82. The number of anilines is 1. The lowest BCUT2D eigenvalue weighted by Crippen LogP contribution is -2.46. The van der Waals surface area contributed by atoms with Crippen molar-refractivity contribution in [2.45, 2.75) is 16.3 Å². The third-order valence-corrected chi connectivity index (χ3v) is 6.54. The van der Waals surface area contributed by atoms with Crippen LogP contribution in [0.2, 0.25) is 0 Å². The van der Waals surface area contributed by atoms with E-state index in [0.717, 1.165) is 44.2 Å². The van der Waals surface area contributed by atoms with Crippen molar-refractivity contribution >= 4 is 17.4 Å². The fourth-order valence-corrected chi connectivity index (χ4v) is 4.79. The minimum absolute atomic E-state index is 0.893. The van der Waals surface area contributed by atoms with Crippen LogP contribution in [0.3, 0.4) is 0 Å². The maximum absolute atomic E-state index is 5.54. The molecular formula is C25H28N2O2S. The van der Waals surface area contributed by atoms with Gasteiger partial charge >= 0.3 is 0 Å². The first-order chi connectivity index (χ1) is 14.8. The van der Waals surface area contributed by atoms with Gasteiger partial charge in [-0.05, 0) is 42.0 Å². The van der Waals surface area contributed by atoms with Crippen LogP contribution in [0.15, 0.2) is 82.6 Å². The molecule has 0 spiro atoms. The SMILES string of the molecule is COc1cccc(Sc2ccccc2CN2CCN(c3ccccc3OC)CC2)c1. The maximum Gasteiger partial charge on any atom is 0.142 e. The number of ether oxygens (including phenoxy) is 2. The average Bonchev–Trinajstić information content (AvgIpc) is 2.81. The van der Waals surface area contributed by atoms with Crippen molar-refractivity contribution in [1.82, 2.24) is 4.90 Å². The van der Waals surface area contributed by atoms with Crippen LogP contribution in [-0.2, 0) is 6.54 Å². The number of hydrogen-bond acceptors (Lipinski definition) is 5. The van der Waals surface area contributed by atoms with Crippen molar-refractivity contribution in [1.29, 1.82) is 0 Å². The molecule has 0 aliphatic carbocycles. The van der Waals surface area contributed by atoms with E-state index >= 15 is 0 Å². The highest BCUT2D eigenvalue weighted by Gasteiger charge is 2.20. The van der Waals surface area contributed by atoms with E-state index < -0.39 is 0 Å². The molecule has 3 aromatic carbocycles. The summed E-state index contributed by atoms with van der Waals surface area (Å²) in [5, 5.41) is 0. The van der Waals surface area contributed by atoms with E-state index in [-0.39, 0.29) is 0 Å². The van der Waals surface area contributed by atoms with Crippen molar-refractivity contribution in [3.8, 4) is 11.5 Å². The molecule has 0 unspecified atom stereocenters. The number of rotatable bonds is 7. The summed E-state index contributed by atoms with van der Waals surface area (Å²) in [6, 6.07) is 25.2. The number of benzene rings is 3. The molecule has 4 rings (SSSR count). The predicted octanol–water partition coefficient (Wildman–Crippen LogP) is 5.18. The summed E-state index contributed by atoms with van der Waals surface area (Å²) in [6.45, 7) is 5.05. The summed E-state index contributed by atoms with van der Waals surface area (Å²) in [5.74, 6) is 1.84. The zero-order chi connectivity index (χ0) is 20.8. The molecule has 1 aliphatic heterocycles. The second-order valence-corrected chi connectivity index (χ2v) is 8.44. The highest BCUT2D eigenvalue weighted by Crippen LogP contribution is 2.33. The molecule has 0 N–H and O–H groups in total. The van der Waals surface area contributed by atoms with Crippen LogP contribution < -0.4 is 14.4 Å². The van der Waals surface area contributed by atoms with Crippen molar-refractivity contribution in [2.24, 2.45) is 0 Å². The van der Waals surface area contributed by atoms with Gasteiger partial charge in [0.05, 0.1) is 19.9 Å². The minimum atomic E-state index is 0.893. The Hall–Kier alpha value is -2.63. The third-order valence-electron chi connectivity index (χ3n) is 5.43. The second-order valence-electron chi connectivity index (χ2n) is 7.32. The number of para-hydroxylation sites is 2. The predicted molar refractivity (Wildman–Crippen MR) is 124 cm³/mol. The Morgan fingerprint density at radius 1 is 0.800 bits per heavy atom. The summed E-state index contributed by atoms with van der Waals surface area (Å²) in [6.07, 6.45) is 0. The molecule has 1 saturated heterocycles. The summed E-state index contributed by atoms with van der Waals surface area (Å²) < 4.78 is 10.9. The molecule has 0 radical (unpaired) electrons. The molecule has 1 fully saturated rings. The van der Waals surface area contributed by atoms with E-state index in [2.05, 4.69) is 58.3 Å². The molecule has 3 aromatic rings. The largest absolute Gasteiger partial charge is 0.497 e. The third kappa shape index (κ3) is 4.91. The smallest absolute Gasteiger partial charge is 0.142 e. The zero-order valence-corrected chi connectivity index (χ0v) is 18.4. The van der Waals surface area contributed by atoms with Crippen LogP contribution in [-0.4, -0.2) is 45.3 Å². The van der Waals surface area contributed by atoms with Crippen LogP contribution in [0.25, 0.3) is 0 Å². The van der Waals surface area contributed by atoms with Crippen LogP contribution >= 0.6 is 11.8 Å². The Balaban J connectivity index is 1.41. The molecule has 0 saturated carbocycles. The van der Waals surface area contributed by atoms with E-state index in [4.69, 9.17) is 9.47 Å². The van der Waals surface area contributed by atoms with Crippen LogP contribution in [0, 0.1) is 0 Å². The molecule has 1 aliphatic rings. The Morgan fingerprint density at radius 2 is 1.57 bits per heavy atom. The summed E-state index contributed by atoms with van der Waals surface area (Å²) >= 11 is 1.80. The lowest BCUT2D eigenvalue weighted by atomic mass is 10.2. The van der Waals surface area contributed by atoms with Crippen LogP contribution in [0.5, 0.6) is 11.5 Å². The topological polar surface area (TPSA) is 24.9 Å². The highest BCUT2D eigenvalue weighted by atomic mass is 32.2. The first-order valence-electron chi connectivity index (χ1n) is 10.3. The molecular weight excluding hydrogens is 392 g/mol. The molecule has 0 atom stereocenters. The van der Waals surface area contributed by atoms with Gasteiger partial charge in [-0.2, -0.15) is 0 Å². The molecule has 4 nitrogen and oxygen atoms in total. The molecule has 1 heterocycles. The molecule has 0 amide bonds. The van der Waals surface area contributed by atoms with Crippen molar-refractivity contribution in [3.05, 3.63) is 78.4 Å². The molecule has 30 heavy (non-hydrogen) atoms. The Morgan fingerprint density at radius 3 is 2.37 bits per heavy atom. The van der Waals surface area contributed by atoms with E-state index in [9.17, 15) is 0 Å². The van der Waals surface area contributed by atoms with E-state index in [1.807, 2.05) is 24.3 Å². The van der Waals surface area contributed by atoms with Crippen molar-refractivity contribution < 1.29 is 9.47 Å². The van der Waals surface area contributed by atoms with Crippen molar-refractivity contribution in [3.63, 3.8) is 0 Å². The monoisotopic (exact) mass is 420 g/mol. The van der Waals surface area contributed by atoms with E-state index in [1.54, 1.807) is 26.0 Å². The Bertz CT molecular complexity index is 971. The van der Waals surface area contributed by atoms with E-state index in [1.165, 1.54) is 21.0 Å². The van der Waals surface area contributed by atoms with Gasteiger partial charge in [0.2, 0.25) is 0 Å². The lowest BCUT2D eigenvalue weighted by Gasteiger charge is -2.36. The van der Waals surface area contributed by atoms with Gasteiger partial charge in [0.15, 0.2) is 0 Å². The number of nitrogens with zero attached hydrogens (tertiary/aromatic N) is 2. The number of piperazine rings is 1. The quantitative estimate of drug-likeness (QED) is 0.525. The van der Waals surface area contributed by atoms with Gasteiger partial charge in [-0.25, -0.2) is 0 Å². The normalized spacial score (nSPS) is 14.5. The van der Waals surface area contributed by atoms with Gasteiger partial charge in [-0.3, -0.25) is 4.90 Å². The molecule has 156 valence electrons. The Labute approximate surface area is 183 Å². The van der Waals surface area contributed by atoms with Crippen LogP contribution in [0.1, 0.15) is 5.56 Å². The maximum atomic E-state index is 5.54. The average molecular weight is 421 g/mol. The zero-order valence-electron chi connectivity index (χ0n) is 17.6. The van der Waals surface area contributed by atoms with Gasteiger partial charge < -0.3 is 14.4 Å². The van der Waals surface area contributed by atoms with E-state index in [0.29, 0.717) is 0 Å². The van der Waals surface area contributed by atoms with Crippen LogP contribution in [0.4, 0.5) is 5.69 Å². The highest BCUT2D eigenvalue weighted by molar-refractivity contribution is 7.99. The number of methoxy groups -OCH3 is 2. The first-order valence-corrected chi connectivity index (χ1v) is 11.1. The molecule has 0 aromatic heterocycles. The summed E-state index contributed by atoms with van der Waals surface area (Å²) in [4.78, 5) is 7.46. The first kappa shape index (κ1) is 20.6.